The molecule has 1 fully saturated rings. The zero-order valence-corrected chi connectivity index (χ0v) is 15.0. The van der Waals surface area contributed by atoms with Gasteiger partial charge in [0.05, 0.1) is 24.0 Å². The molecule has 0 aliphatic carbocycles. The van der Waals surface area contributed by atoms with Crippen molar-refractivity contribution in [2.45, 2.75) is 32.4 Å². The van der Waals surface area contributed by atoms with Crippen LogP contribution < -0.4 is 5.32 Å². The molecule has 1 saturated heterocycles. The summed E-state index contributed by atoms with van der Waals surface area (Å²) in [5, 5.41) is 2.68. The third kappa shape index (κ3) is 5.34. The topological polar surface area (TPSA) is 54.5 Å². The van der Waals surface area contributed by atoms with Crippen LogP contribution in [0.5, 0.6) is 0 Å². The largest absolute Gasteiger partial charge is 0.377 e. The minimum atomic E-state index is -0.431. The summed E-state index contributed by atoms with van der Waals surface area (Å²) in [6.07, 6.45) is 3.90. The summed E-state index contributed by atoms with van der Waals surface area (Å²) in [5.41, 5.74) is 2.00. The molecule has 2 aromatic rings. The molecular formula is C20H24FN3O2. The first-order valence-electron chi connectivity index (χ1n) is 8.90. The van der Waals surface area contributed by atoms with E-state index in [0.717, 1.165) is 30.7 Å². The van der Waals surface area contributed by atoms with Crippen LogP contribution in [0, 0.1) is 12.7 Å². The lowest BCUT2D eigenvalue weighted by Crippen LogP contribution is -2.38. The van der Waals surface area contributed by atoms with E-state index in [9.17, 15) is 9.18 Å². The van der Waals surface area contributed by atoms with Crippen molar-refractivity contribution in [3.63, 3.8) is 0 Å². The number of pyridine rings is 1. The van der Waals surface area contributed by atoms with Gasteiger partial charge < -0.3 is 10.1 Å². The van der Waals surface area contributed by atoms with Gasteiger partial charge in [-0.2, -0.15) is 0 Å². The lowest BCUT2D eigenvalue weighted by Gasteiger charge is -2.24. The molecule has 3 rings (SSSR count). The van der Waals surface area contributed by atoms with Crippen molar-refractivity contribution in [2.24, 2.45) is 0 Å². The predicted molar refractivity (Wildman–Crippen MR) is 98.3 cm³/mol. The summed E-state index contributed by atoms with van der Waals surface area (Å²) in [6.45, 7) is 3.98. The summed E-state index contributed by atoms with van der Waals surface area (Å²) in [4.78, 5) is 18.8. The SMILES string of the molecule is Cc1ccc(F)c(NC(=O)CN(Cc2ccccn2)C[C@H]2CCCO2)c1. The highest BCUT2D eigenvalue weighted by atomic mass is 19.1. The molecule has 0 spiro atoms. The van der Waals surface area contributed by atoms with E-state index in [-0.39, 0.29) is 24.2 Å². The summed E-state index contributed by atoms with van der Waals surface area (Å²) in [7, 11) is 0. The number of anilines is 1. The van der Waals surface area contributed by atoms with E-state index >= 15 is 0 Å². The Kier molecular flexibility index (Phi) is 6.30. The Morgan fingerprint density at radius 2 is 2.27 bits per heavy atom. The smallest absolute Gasteiger partial charge is 0.238 e. The molecule has 1 amide bonds. The van der Waals surface area contributed by atoms with Crippen molar-refractivity contribution in [3.05, 3.63) is 59.7 Å². The van der Waals surface area contributed by atoms with Gasteiger partial charge in [-0.1, -0.05) is 12.1 Å². The highest BCUT2D eigenvalue weighted by Gasteiger charge is 2.21. The van der Waals surface area contributed by atoms with Gasteiger partial charge in [0.1, 0.15) is 5.82 Å². The van der Waals surface area contributed by atoms with Crippen LogP contribution in [-0.4, -0.2) is 41.6 Å². The second-order valence-corrected chi connectivity index (χ2v) is 6.66. The Balaban J connectivity index is 1.65. The van der Waals surface area contributed by atoms with Crippen molar-refractivity contribution < 1.29 is 13.9 Å². The van der Waals surface area contributed by atoms with Crippen molar-refractivity contribution in [3.8, 4) is 0 Å². The van der Waals surface area contributed by atoms with Gasteiger partial charge in [-0.15, -0.1) is 0 Å². The molecule has 1 aliphatic rings. The van der Waals surface area contributed by atoms with Crippen LogP contribution in [-0.2, 0) is 16.1 Å². The number of carbonyl (C=O) groups is 1. The van der Waals surface area contributed by atoms with Crippen LogP contribution >= 0.6 is 0 Å². The van der Waals surface area contributed by atoms with Crippen LogP contribution in [0.1, 0.15) is 24.1 Å². The van der Waals surface area contributed by atoms with Crippen LogP contribution in [0.2, 0.25) is 0 Å². The fraction of sp³-hybridized carbons (Fsp3) is 0.400. The minimum Gasteiger partial charge on any atom is -0.377 e. The predicted octanol–water partition coefficient (Wildman–Crippen LogP) is 3.15. The number of hydrogen-bond donors (Lipinski definition) is 1. The molecule has 26 heavy (non-hydrogen) atoms. The lowest BCUT2D eigenvalue weighted by atomic mass is 10.2. The van der Waals surface area contributed by atoms with Gasteiger partial charge in [-0.3, -0.25) is 14.7 Å². The van der Waals surface area contributed by atoms with Crippen molar-refractivity contribution in [2.75, 3.05) is 25.0 Å². The molecule has 1 aromatic carbocycles. The van der Waals surface area contributed by atoms with Gasteiger partial charge in [0.15, 0.2) is 0 Å². The molecule has 0 unspecified atom stereocenters. The van der Waals surface area contributed by atoms with Crippen LogP contribution in [0.25, 0.3) is 0 Å². The van der Waals surface area contributed by atoms with Crippen molar-refractivity contribution in [1.29, 1.82) is 0 Å². The molecule has 5 nitrogen and oxygen atoms in total. The first kappa shape index (κ1) is 18.5. The maximum Gasteiger partial charge on any atom is 0.238 e. The summed E-state index contributed by atoms with van der Waals surface area (Å²) in [5.74, 6) is -0.678. The normalized spacial score (nSPS) is 16.8. The fourth-order valence-electron chi connectivity index (χ4n) is 3.11. The Hall–Kier alpha value is -2.31. The fourth-order valence-corrected chi connectivity index (χ4v) is 3.11. The van der Waals surface area contributed by atoms with Gasteiger partial charge in [-0.25, -0.2) is 4.39 Å². The first-order valence-corrected chi connectivity index (χ1v) is 8.90. The van der Waals surface area contributed by atoms with Crippen molar-refractivity contribution in [1.82, 2.24) is 9.88 Å². The maximum atomic E-state index is 13.9. The summed E-state index contributed by atoms with van der Waals surface area (Å²) < 4.78 is 19.6. The molecular weight excluding hydrogens is 333 g/mol. The number of nitrogens with zero attached hydrogens (tertiary/aromatic N) is 2. The number of amides is 1. The molecule has 2 heterocycles. The molecule has 0 bridgehead atoms. The van der Waals surface area contributed by atoms with E-state index in [1.165, 1.54) is 6.07 Å². The maximum absolute atomic E-state index is 13.9. The van der Waals surface area contributed by atoms with Gasteiger partial charge in [0.2, 0.25) is 5.91 Å². The number of aromatic nitrogens is 1. The van der Waals surface area contributed by atoms with Gasteiger partial charge >= 0.3 is 0 Å². The van der Waals surface area contributed by atoms with Gasteiger partial charge in [-0.05, 0) is 49.6 Å². The minimum absolute atomic E-state index is 0.127. The number of carbonyl (C=O) groups excluding carboxylic acids is 1. The van der Waals surface area contributed by atoms with Crippen molar-refractivity contribution >= 4 is 11.6 Å². The molecule has 0 radical (unpaired) electrons. The molecule has 1 atom stereocenters. The number of aryl methyl sites for hydroxylation is 1. The average Bonchev–Trinajstić information content (AvgIpc) is 3.12. The Morgan fingerprint density at radius 1 is 1.38 bits per heavy atom. The van der Waals surface area contributed by atoms with E-state index in [1.807, 2.05) is 30.0 Å². The molecule has 1 N–H and O–H groups in total. The van der Waals surface area contributed by atoms with E-state index in [4.69, 9.17) is 4.74 Å². The number of hydrogen-bond acceptors (Lipinski definition) is 4. The summed E-state index contributed by atoms with van der Waals surface area (Å²) >= 11 is 0. The number of ether oxygens (including phenoxy) is 1. The Labute approximate surface area is 153 Å². The summed E-state index contributed by atoms with van der Waals surface area (Å²) in [6, 6.07) is 10.4. The van der Waals surface area contributed by atoms with Gasteiger partial charge in [0.25, 0.3) is 0 Å². The standard InChI is InChI=1S/C20H24FN3O2/c1-15-7-8-18(21)19(11-15)23-20(25)14-24(13-17-6-4-10-26-17)12-16-5-2-3-9-22-16/h2-3,5,7-9,11,17H,4,6,10,12-14H2,1H3,(H,23,25)/t17-/m1/s1. The van der Waals surface area contributed by atoms with Crippen LogP contribution in [0.3, 0.4) is 0 Å². The zero-order valence-electron chi connectivity index (χ0n) is 15.0. The molecule has 0 saturated carbocycles. The Bertz CT molecular complexity index is 733. The highest BCUT2D eigenvalue weighted by Crippen LogP contribution is 2.17. The Morgan fingerprint density at radius 3 is 3.00 bits per heavy atom. The van der Waals surface area contributed by atoms with E-state index in [2.05, 4.69) is 10.3 Å². The van der Waals surface area contributed by atoms with Crippen LogP contribution in [0.4, 0.5) is 10.1 Å². The second-order valence-electron chi connectivity index (χ2n) is 6.66. The number of rotatable bonds is 7. The number of halogens is 1. The molecule has 1 aliphatic heterocycles. The molecule has 6 heteroatoms. The molecule has 138 valence electrons. The number of benzene rings is 1. The first-order chi connectivity index (χ1) is 12.6. The van der Waals surface area contributed by atoms with E-state index in [1.54, 1.807) is 18.3 Å². The molecule has 1 aromatic heterocycles. The second kappa shape index (κ2) is 8.87. The van der Waals surface area contributed by atoms with E-state index < -0.39 is 5.82 Å². The third-order valence-corrected chi connectivity index (χ3v) is 4.36. The average molecular weight is 357 g/mol. The third-order valence-electron chi connectivity index (χ3n) is 4.36. The van der Waals surface area contributed by atoms with Crippen LogP contribution in [0.15, 0.2) is 42.6 Å². The zero-order chi connectivity index (χ0) is 18.4. The highest BCUT2D eigenvalue weighted by molar-refractivity contribution is 5.92. The number of nitrogens with one attached hydrogen (secondary N) is 1. The van der Waals surface area contributed by atoms with E-state index in [0.29, 0.717) is 13.1 Å². The quantitative estimate of drug-likeness (QED) is 0.827. The van der Waals surface area contributed by atoms with Gasteiger partial charge in [0, 0.05) is 25.9 Å². The monoisotopic (exact) mass is 357 g/mol. The lowest BCUT2D eigenvalue weighted by molar-refractivity contribution is -0.117.